The van der Waals surface area contributed by atoms with E-state index in [-0.39, 0.29) is 43.1 Å². The van der Waals surface area contributed by atoms with Crippen molar-refractivity contribution < 1.29 is 42.2 Å². The van der Waals surface area contributed by atoms with Crippen molar-refractivity contribution >= 4 is 51.8 Å². The number of halogens is 3. The Labute approximate surface area is 235 Å². The van der Waals surface area contributed by atoms with Crippen LogP contribution in [0.3, 0.4) is 0 Å². The third-order valence-corrected chi connectivity index (χ3v) is 6.95. The summed E-state index contributed by atoms with van der Waals surface area (Å²) in [6, 6.07) is 8.88. The fourth-order valence-corrected chi connectivity index (χ4v) is 5.03. The number of carboxylic acids is 1. The number of nitrogens with zero attached hydrogens (tertiary/aromatic N) is 4. The van der Waals surface area contributed by atoms with Gasteiger partial charge in [0.25, 0.3) is 11.5 Å². The topological polar surface area (TPSA) is 155 Å². The third kappa shape index (κ3) is 5.73. The summed E-state index contributed by atoms with van der Waals surface area (Å²) in [5.74, 6) is -4.10. The van der Waals surface area contributed by atoms with Crippen LogP contribution in [-0.2, 0) is 32.2 Å². The smallest absolute Gasteiger partial charge is 0.414 e. The molecule has 3 amide bonds. The zero-order chi connectivity index (χ0) is 30.1. The van der Waals surface area contributed by atoms with Gasteiger partial charge in [0.05, 0.1) is 48.5 Å². The van der Waals surface area contributed by atoms with E-state index >= 15 is 4.39 Å². The number of cyclic esters (lactones) is 1. The summed E-state index contributed by atoms with van der Waals surface area (Å²) in [6.07, 6.45) is -5.58. The maximum absolute atomic E-state index is 15.3. The Bertz CT molecular complexity index is 1640. The van der Waals surface area contributed by atoms with Gasteiger partial charge in [0.1, 0.15) is 18.3 Å². The molecule has 0 saturated carbocycles. The number of anilines is 3. The Morgan fingerprint density at radius 1 is 1.02 bits per heavy atom. The monoisotopic (exact) mass is 590 g/mol. The third-order valence-electron chi connectivity index (χ3n) is 6.95. The minimum atomic E-state index is -3.20. The number of fused-ring (bicyclic) bond motifs is 3. The van der Waals surface area contributed by atoms with Crippen LogP contribution in [0, 0.1) is 5.82 Å². The molecular formula is C26H25F3N6O7. The second-order valence-corrected chi connectivity index (χ2v) is 9.69. The van der Waals surface area contributed by atoms with Crippen molar-refractivity contribution in [2.75, 3.05) is 41.3 Å². The summed E-state index contributed by atoms with van der Waals surface area (Å²) >= 11 is 0. The molecule has 2 aliphatic heterocycles. The molecule has 3 N–H and O–H groups in total. The van der Waals surface area contributed by atoms with Gasteiger partial charge in [-0.3, -0.25) is 28.8 Å². The molecule has 1 saturated heterocycles. The van der Waals surface area contributed by atoms with Gasteiger partial charge in [-0.2, -0.15) is 8.78 Å². The second kappa shape index (κ2) is 11.5. The number of nitrogens with one attached hydrogen (secondary N) is 2. The van der Waals surface area contributed by atoms with Crippen LogP contribution in [0.25, 0.3) is 10.9 Å². The summed E-state index contributed by atoms with van der Waals surface area (Å²) in [7, 11) is 0. The number of benzene rings is 2. The number of hydrogen-bond acceptors (Lipinski definition) is 7. The Balaban J connectivity index is 1.27. The van der Waals surface area contributed by atoms with Crippen LogP contribution in [0.4, 0.5) is 35.0 Å². The van der Waals surface area contributed by atoms with E-state index in [9.17, 15) is 32.8 Å². The van der Waals surface area contributed by atoms with Gasteiger partial charge >= 0.3 is 18.5 Å². The molecule has 42 heavy (non-hydrogen) atoms. The highest BCUT2D eigenvalue weighted by Gasteiger charge is 2.34. The van der Waals surface area contributed by atoms with E-state index in [4.69, 9.17) is 9.84 Å². The highest BCUT2D eigenvalue weighted by molar-refractivity contribution is 6.02. The Kier molecular flexibility index (Phi) is 7.78. The zero-order valence-electron chi connectivity index (χ0n) is 21.9. The average molecular weight is 591 g/mol. The van der Waals surface area contributed by atoms with E-state index in [0.29, 0.717) is 29.7 Å². The van der Waals surface area contributed by atoms with Crippen LogP contribution in [0.1, 0.15) is 6.42 Å². The molecule has 222 valence electrons. The van der Waals surface area contributed by atoms with Gasteiger partial charge in [-0.05, 0) is 36.4 Å². The first kappa shape index (κ1) is 28.5. The molecule has 1 fully saturated rings. The fourth-order valence-electron chi connectivity index (χ4n) is 5.03. The van der Waals surface area contributed by atoms with Gasteiger partial charge in [-0.25, -0.2) is 13.9 Å². The summed E-state index contributed by atoms with van der Waals surface area (Å²) in [4.78, 5) is 62.0. The lowest BCUT2D eigenvalue weighted by Gasteiger charge is -2.24. The van der Waals surface area contributed by atoms with E-state index in [1.807, 2.05) is 5.32 Å². The normalized spacial score (nSPS) is 16.8. The number of ether oxygens (including phenoxy) is 1. The molecule has 0 bridgehead atoms. The van der Waals surface area contributed by atoms with Crippen molar-refractivity contribution in [3.05, 3.63) is 52.6 Å². The molecule has 1 atom stereocenters. The summed E-state index contributed by atoms with van der Waals surface area (Å²) < 4.78 is 48.5. The minimum absolute atomic E-state index is 0.0682. The summed E-state index contributed by atoms with van der Waals surface area (Å²) in [5, 5.41) is 13.6. The van der Waals surface area contributed by atoms with Crippen molar-refractivity contribution in [3.63, 3.8) is 0 Å². The van der Waals surface area contributed by atoms with Gasteiger partial charge in [0.2, 0.25) is 5.91 Å². The van der Waals surface area contributed by atoms with Gasteiger partial charge in [-0.1, -0.05) is 0 Å². The molecule has 2 aliphatic rings. The Morgan fingerprint density at radius 3 is 2.45 bits per heavy atom. The number of aliphatic carboxylic acids is 1. The minimum Gasteiger partial charge on any atom is -0.481 e. The Hall–Kier alpha value is -5.02. The number of amides is 3. The lowest BCUT2D eigenvalue weighted by Crippen LogP contribution is -2.37. The van der Waals surface area contributed by atoms with E-state index < -0.39 is 48.6 Å². The predicted octanol–water partition coefficient (Wildman–Crippen LogP) is 1.58. The Morgan fingerprint density at radius 2 is 1.76 bits per heavy atom. The first-order chi connectivity index (χ1) is 20.0. The van der Waals surface area contributed by atoms with Crippen LogP contribution in [0.15, 0.2) is 41.2 Å². The van der Waals surface area contributed by atoms with Crippen LogP contribution in [0.2, 0.25) is 0 Å². The molecule has 3 aromatic rings. The SMILES string of the molecule is O=C(O)CC(=O)Nc1ccc2c(c1)c(=O)n1n2CCN(c2ccc(N3CC(CNC(=O)C(F)F)OC3=O)cc2F)CC1. The van der Waals surface area contributed by atoms with E-state index in [0.717, 1.165) is 11.0 Å². The molecule has 1 aromatic heterocycles. The first-order valence-electron chi connectivity index (χ1n) is 12.9. The van der Waals surface area contributed by atoms with Crippen molar-refractivity contribution in [2.24, 2.45) is 0 Å². The summed E-state index contributed by atoms with van der Waals surface area (Å²) in [5.41, 5.74) is 1.02. The van der Waals surface area contributed by atoms with Gasteiger partial charge in [-0.15, -0.1) is 0 Å². The lowest BCUT2D eigenvalue weighted by molar-refractivity contribution is -0.139. The molecule has 0 radical (unpaired) electrons. The number of alkyl halides is 2. The quantitative estimate of drug-likeness (QED) is 0.334. The number of carbonyl (C=O) groups is 4. The van der Waals surface area contributed by atoms with Crippen molar-refractivity contribution in [1.82, 2.24) is 14.7 Å². The van der Waals surface area contributed by atoms with Gasteiger partial charge in [0.15, 0.2) is 0 Å². The van der Waals surface area contributed by atoms with Crippen LogP contribution < -0.4 is 26.0 Å². The highest BCUT2D eigenvalue weighted by atomic mass is 19.3. The van der Waals surface area contributed by atoms with Gasteiger partial charge in [0, 0.05) is 18.8 Å². The second-order valence-electron chi connectivity index (χ2n) is 9.69. The van der Waals surface area contributed by atoms with Crippen LogP contribution in [-0.4, -0.2) is 77.1 Å². The lowest BCUT2D eigenvalue weighted by atomic mass is 10.2. The maximum atomic E-state index is 15.3. The molecule has 0 aliphatic carbocycles. The number of aromatic nitrogens is 2. The van der Waals surface area contributed by atoms with Crippen molar-refractivity contribution in [2.45, 2.75) is 32.0 Å². The van der Waals surface area contributed by atoms with E-state index in [1.165, 1.54) is 22.9 Å². The van der Waals surface area contributed by atoms with Crippen molar-refractivity contribution in [3.8, 4) is 0 Å². The van der Waals surface area contributed by atoms with Gasteiger partial charge < -0.3 is 25.4 Å². The highest BCUT2D eigenvalue weighted by Crippen LogP contribution is 2.29. The van der Waals surface area contributed by atoms with E-state index in [2.05, 4.69) is 5.32 Å². The number of carbonyl (C=O) groups excluding carboxylic acids is 3. The standard InChI is InChI=1S/C26H25F3N6O7/c27-18-10-15(33-13-16(42-26(33)41)12-30-24(39)23(28)29)2-4-20(18)32-5-7-34-19-3-1-14(31-21(36)11-22(37)38)9-17(19)25(40)35(34)8-6-32/h1-4,9-10,16,23H,5-8,11-13H2,(H,30,39)(H,31,36)(H,37,38). The largest absolute Gasteiger partial charge is 0.481 e. The average Bonchev–Trinajstić information content (AvgIpc) is 3.33. The molecule has 5 rings (SSSR count). The summed E-state index contributed by atoms with van der Waals surface area (Å²) in [6.45, 7) is 0.798. The molecule has 0 spiro atoms. The van der Waals surface area contributed by atoms with E-state index in [1.54, 1.807) is 21.7 Å². The number of hydrogen-bond donors (Lipinski definition) is 3. The van der Waals surface area contributed by atoms with Crippen LogP contribution >= 0.6 is 0 Å². The molecule has 1 unspecified atom stereocenters. The van der Waals surface area contributed by atoms with Crippen LogP contribution in [0.5, 0.6) is 0 Å². The molecule has 2 aromatic carbocycles. The number of rotatable bonds is 8. The molecule has 13 nitrogen and oxygen atoms in total. The maximum Gasteiger partial charge on any atom is 0.414 e. The first-order valence-corrected chi connectivity index (χ1v) is 12.9. The molecule has 3 heterocycles. The number of carboxylic acid groups (broad SMARTS) is 1. The predicted molar refractivity (Wildman–Crippen MR) is 142 cm³/mol. The van der Waals surface area contributed by atoms with Crippen molar-refractivity contribution in [1.29, 1.82) is 0 Å². The molecular weight excluding hydrogens is 565 g/mol. The zero-order valence-corrected chi connectivity index (χ0v) is 21.9. The molecule has 16 heteroatoms. The fraction of sp³-hybridized carbons (Fsp3) is 0.346.